The molecule has 1 amide bonds. The fourth-order valence-electron chi connectivity index (χ4n) is 3.54. The number of nitrogens with zero attached hydrogens (tertiary/aromatic N) is 3. The van der Waals surface area contributed by atoms with Gasteiger partial charge in [-0.3, -0.25) is 4.79 Å². The number of carbonyl (C=O) groups excluding carboxylic acids is 1. The van der Waals surface area contributed by atoms with E-state index in [0.717, 1.165) is 43.2 Å². The molecular formula is C14H13ClN4OS. The van der Waals surface area contributed by atoms with Gasteiger partial charge in [-0.1, -0.05) is 31.5 Å². The molecule has 0 aromatic carbocycles. The smallest absolute Gasteiger partial charge is 0.251 e. The van der Waals surface area contributed by atoms with Gasteiger partial charge in [0, 0.05) is 11.6 Å². The predicted octanol–water partition coefficient (Wildman–Crippen LogP) is 2.55. The van der Waals surface area contributed by atoms with Gasteiger partial charge in [0.1, 0.15) is 16.2 Å². The Labute approximate surface area is 131 Å². The quantitative estimate of drug-likeness (QED) is 0.598. The molecule has 21 heavy (non-hydrogen) atoms. The van der Waals surface area contributed by atoms with Gasteiger partial charge < -0.3 is 9.88 Å². The number of hydrogen-bond donors (Lipinski definition) is 1. The Morgan fingerprint density at radius 2 is 2.10 bits per heavy atom. The Kier molecular flexibility index (Phi) is 2.81. The maximum atomic E-state index is 12.7. The van der Waals surface area contributed by atoms with Crippen LogP contribution in [0.2, 0.25) is 5.28 Å². The first-order valence-corrected chi connectivity index (χ1v) is 7.81. The zero-order valence-corrected chi connectivity index (χ0v) is 12.8. The Morgan fingerprint density at radius 3 is 2.86 bits per heavy atom. The van der Waals surface area contributed by atoms with E-state index in [1.165, 1.54) is 0 Å². The van der Waals surface area contributed by atoms with Crippen molar-refractivity contribution < 1.29 is 4.79 Å². The lowest BCUT2D eigenvalue weighted by atomic mass is 9.79. The summed E-state index contributed by atoms with van der Waals surface area (Å²) in [7, 11) is 0. The van der Waals surface area contributed by atoms with Gasteiger partial charge in [0.25, 0.3) is 5.91 Å². The van der Waals surface area contributed by atoms with Crippen LogP contribution in [-0.4, -0.2) is 25.4 Å². The monoisotopic (exact) mass is 320 g/mol. The van der Waals surface area contributed by atoms with Crippen LogP contribution in [0.5, 0.6) is 0 Å². The van der Waals surface area contributed by atoms with Crippen LogP contribution in [0.1, 0.15) is 37.8 Å². The highest BCUT2D eigenvalue weighted by Crippen LogP contribution is 2.41. The highest BCUT2D eigenvalue weighted by molar-refractivity contribution is 7.80. The van der Waals surface area contributed by atoms with Gasteiger partial charge in [-0.25, -0.2) is 4.98 Å². The number of carbonyl (C=O) groups is 1. The highest BCUT2D eigenvalue weighted by atomic mass is 35.5. The van der Waals surface area contributed by atoms with Crippen LogP contribution in [0.3, 0.4) is 0 Å². The molecule has 7 heteroatoms. The first kappa shape index (κ1) is 13.2. The zero-order chi connectivity index (χ0) is 14.6. The van der Waals surface area contributed by atoms with Crippen LogP contribution in [0, 0.1) is 0 Å². The molecule has 5 nitrogen and oxygen atoms in total. The summed E-state index contributed by atoms with van der Waals surface area (Å²) in [6.45, 7) is 0. The molecule has 2 aromatic heterocycles. The van der Waals surface area contributed by atoms with E-state index in [1.54, 1.807) is 6.20 Å². The summed E-state index contributed by atoms with van der Waals surface area (Å²) in [6, 6.07) is 1.93. The Balaban J connectivity index is 2.06. The van der Waals surface area contributed by atoms with Crippen LogP contribution < -0.4 is 5.32 Å². The van der Waals surface area contributed by atoms with E-state index in [-0.39, 0.29) is 11.2 Å². The Hall–Kier alpha value is -1.53. The summed E-state index contributed by atoms with van der Waals surface area (Å²) in [6.07, 6.45) is 6.50. The lowest BCUT2D eigenvalue weighted by Gasteiger charge is -2.41. The molecule has 0 unspecified atom stereocenters. The minimum atomic E-state index is -0.588. The SMILES string of the molecule is O=C1NC(=S)c2cc3cnc(Cl)nc3n2C12CCCCC2. The predicted molar refractivity (Wildman–Crippen MR) is 83.4 cm³/mol. The summed E-state index contributed by atoms with van der Waals surface area (Å²) in [5.74, 6) is -0.0214. The van der Waals surface area contributed by atoms with E-state index in [9.17, 15) is 4.79 Å². The van der Waals surface area contributed by atoms with Crippen LogP contribution >= 0.6 is 23.8 Å². The third-order valence-electron chi connectivity index (χ3n) is 4.50. The average molecular weight is 321 g/mol. The number of amides is 1. The average Bonchev–Trinajstić information content (AvgIpc) is 2.86. The molecule has 3 heterocycles. The van der Waals surface area contributed by atoms with E-state index in [2.05, 4.69) is 15.3 Å². The largest absolute Gasteiger partial charge is 0.313 e. The Bertz CT molecular complexity index is 779. The van der Waals surface area contributed by atoms with Crippen molar-refractivity contribution in [2.75, 3.05) is 0 Å². The van der Waals surface area contributed by atoms with E-state index >= 15 is 0 Å². The van der Waals surface area contributed by atoms with Crippen molar-refractivity contribution in [2.45, 2.75) is 37.6 Å². The van der Waals surface area contributed by atoms with E-state index < -0.39 is 5.54 Å². The van der Waals surface area contributed by atoms with Crippen molar-refractivity contribution in [3.8, 4) is 0 Å². The van der Waals surface area contributed by atoms with E-state index in [1.807, 2.05) is 10.6 Å². The third-order valence-corrected chi connectivity index (χ3v) is 5.00. The van der Waals surface area contributed by atoms with Gasteiger partial charge in [0.15, 0.2) is 0 Å². The normalized spacial score (nSPS) is 20.6. The molecule has 2 aromatic rings. The second-order valence-electron chi connectivity index (χ2n) is 5.66. The number of thiocarbonyl (C=S) groups is 1. The van der Waals surface area contributed by atoms with E-state index in [4.69, 9.17) is 23.8 Å². The molecule has 1 aliphatic heterocycles. The molecule has 2 aliphatic rings. The molecule has 0 atom stereocenters. The Morgan fingerprint density at radius 1 is 1.33 bits per heavy atom. The van der Waals surface area contributed by atoms with Crippen molar-refractivity contribution in [2.24, 2.45) is 0 Å². The zero-order valence-electron chi connectivity index (χ0n) is 11.2. The van der Waals surface area contributed by atoms with Crippen molar-refractivity contribution >= 4 is 45.7 Å². The fourth-order valence-corrected chi connectivity index (χ4v) is 3.91. The first-order chi connectivity index (χ1) is 10.1. The summed E-state index contributed by atoms with van der Waals surface area (Å²) in [5.41, 5.74) is 0.942. The maximum absolute atomic E-state index is 12.7. The topological polar surface area (TPSA) is 59.8 Å². The fraction of sp³-hybridized carbons (Fsp3) is 0.429. The number of fused-ring (bicyclic) bond motifs is 4. The molecular weight excluding hydrogens is 308 g/mol. The second kappa shape index (κ2) is 4.48. The van der Waals surface area contributed by atoms with Crippen molar-refractivity contribution in [1.29, 1.82) is 0 Å². The molecule has 1 N–H and O–H groups in total. The second-order valence-corrected chi connectivity index (χ2v) is 6.40. The number of rotatable bonds is 0. The maximum Gasteiger partial charge on any atom is 0.251 e. The summed E-state index contributed by atoms with van der Waals surface area (Å²) >= 11 is 11.3. The molecule has 1 aliphatic carbocycles. The van der Waals surface area contributed by atoms with Crippen molar-refractivity contribution in [3.63, 3.8) is 0 Å². The van der Waals surface area contributed by atoms with Crippen LogP contribution in [0.15, 0.2) is 12.3 Å². The van der Waals surface area contributed by atoms with Gasteiger partial charge >= 0.3 is 0 Å². The van der Waals surface area contributed by atoms with Crippen LogP contribution in [0.4, 0.5) is 0 Å². The number of hydrogen-bond acceptors (Lipinski definition) is 4. The molecule has 4 rings (SSSR count). The van der Waals surface area contributed by atoms with Gasteiger partial charge in [-0.15, -0.1) is 0 Å². The third kappa shape index (κ3) is 1.75. The summed E-state index contributed by atoms with van der Waals surface area (Å²) < 4.78 is 2.00. The molecule has 0 bridgehead atoms. The van der Waals surface area contributed by atoms with Gasteiger partial charge in [-0.2, -0.15) is 4.98 Å². The van der Waals surface area contributed by atoms with E-state index in [0.29, 0.717) is 10.6 Å². The lowest BCUT2D eigenvalue weighted by molar-refractivity contribution is -0.130. The molecule has 1 saturated carbocycles. The molecule has 1 spiro atoms. The highest BCUT2D eigenvalue weighted by Gasteiger charge is 2.47. The minimum absolute atomic E-state index is 0.0214. The van der Waals surface area contributed by atoms with Crippen LogP contribution in [-0.2, 0) is 10.3 Å². The van der Waals surface area contributed by atoms with Gasteiger partial charge in [0.2, 0.25) is 5.28 Å². The lowest BCUT2D eigenvalue weighted by Crippen LogP contribution is -2.56. The summed E-state index contributed by atoms with van der Waals surface area (Å²) in [5, 5.41) is 3.91. The number of aromatic nitrogens is 3. The number of nitrogens with one attached hydrogen (secondary N) is 1. The van der Waals surface area contributed by atoms with Gasteiger partial charge in [-0.05, 0) is 30.5 Å². The number of halogens is 1. The molecule has 108 valence electrons. The molecule has 0 radical (unpaired) electrons. The molecule has 1 fully saturated rings. The molecule has 0 saturated heterocycles. The van der Waals surface area contributed by atoms with Gasteiger partial charge in [0.05, 0.1) is 5.69 Å². The van der Waals surface area contributed by atoms with Crippen molar-refractivity contribution in [3.05, 3.63) is 23.2 Å². The summed E-state index contributed by atoms with van der Waals surface area (Å²) in [4.78, 5) is 21.5. The standard InChI is InChI=1S/C14H13ClN4OS/c15-13-16-7-8-6-9-11(21)18-12(20)14(4-2-1-3-5-14)19(9)10(8)17-13/h6-7H,1-5H2,(H,18,20,21). The first-order valence-electron chi connectivity index (χ1n) is 7.02. The van der Waals surface area contributed by atoms with Crippen molar-refractivity contribution in [1.82, 2.24) is 19.9 Å². The van der Waals surface area contributed by atoms with Crippen LogP contribution in [0.25, 0.3) is 11.0 Å². The minimum Gasteiger partial charge on any atom is -0.313 e.